The van der Waals surface area contributed by atoms with Gasteiger partial charge in [-0.2, -0.15) is 0 Å². The molecule has 0 unspecified atom stereocenters. The van der Waals surface area contributed by atoms with Crippen molar-refractivity contribution in [3.05, 3.63) is 35.9 Å². The summed E-state index contributed by atoms with van der Waals surface area (Å²) in [4.78, 5) is 2.61. The van der Waals surface area contributed by atoms with Gasteiger partial charge in [-0.05, 0) is 12.0 Å². The molecule has 2 heterocycles. The van der Waals surface area contributed by atoms with E-state index in [0.29, 0.717) is 5.54 Å². The molecule has 1 spiro atoms. The topological polar surface area (TPSA) is 15.3 Å². The molecule has 2 nitrogen and oxygen atoms in total. The number of rotatable bonds is 2. The summed E-state index contributed by atoms with van der Waals surface area (Å²) in [6.45, 7) is 4.79. The second-order valence-corrected chi connectivity index (χ2v) is 4.49. The first kappa shape index (κ1) is 8.45. The van der Waals surface area contributed by atoms with Crippen molar-refractivity contribution in [2.24, 2.45) is 0 Å². The van der Waals surface area contributed by atoms with Gasteiger partial charge in [0.05, 0.1) is 0 Å². The number of likely N-dealkylation sites (tertiary alicyclic amines) is 1. The Labute approximate surface area is 84.9 Å². The molecule has 1 N–H and O–H groups in total. The number of nitrogens with one attached hydrogen (secondary N) is 1. The van der Waals surface area contributed by atoms with Crippen LogP contribution in [0, 0.1) is 0 Å². The summed E-state index contributed by atoms with van der Waals surface area (Å²) in [6.07, 6.45) is 1.38. The van der Waals surface area contributed by atoms with Crippen LogP contribution in [0.3, 0.4) is 0 Å². The van der Waals surface area contributed by atoms with Crippen LogP contribution in [-0.2, 0) is 6.54 Å². The lowest BCUT2D eigenvalue weighted by atomic mass is 9.79. The molecule has 3 rings (SSSR count). The van der Waals surface area contributed by atoms with E-state index in [0.717, 1.165) is 6.54 Å². The Balaban J connectivity index is 1.68. The average Bonchev–Trinajstić information content (AvgIpc) is 2.12. The molecule has 74 valence electrons. The predicted octanol–water partition coefficient (Wildman–Crippen LogP) is 1.23. The lowest BCUT2D eigenvalue weighted by Crippen LogP contribution is -2.75. The van der Waals surface area contributed by atoms with E-state index in [-0.39, 0.29) is 0 Å². The second kappa shape index (κ2) is 3.07. The third kappa shape index (κ3) is 1.18. The SMILES string of the molecule is c1ccc(CN2CCC23CNC3)cc1. The van der Waals surface area contributed by atoms with Crippen LogP contribution in [0.4, 0.5) is 0 Å². The standard InChI is InChI=1S/C12H16N2/c1-2-4-11(5-3-1)8-14-7-6-12(14)9-13-10-12/h1-5,13H,6-10H2. The molecule has 2 aliphatic rings. The van der Waals surface area contributed by atoms with Crippen molar-refractivity contribution in [1.29, 1.82) is 0 Å². The van der Waals surface area contributed by atoms with Crippen LogP contribution in [-0.4, -0.2) is 30.1 Å². The van der Waals surface area contributed by atoms with Crippen molar-refractivity contribution < 1.29 is 0 Å². The van der Waals surface area contributed by atoms with Gasteiger partial charge in [-0.1, -0.05) is 30.3 Å². The summed E-state index contributed by atoms with van der Waals surface area (Å²) < 4.78 is 0. The summed E-state index contributed by atoms with van der Waals surface area (Å²) >= 11 is 0. The molecule has 2 fully saturated rings. The van der Waals surface area contributed by atoms with Gasteiger partial charge in [0.1, 0.15) is 0 Å². The third-order valence-corrected chi connectivity index (χ3v) is 3.64. The number of benzene rings is 1. The molecule has 0 saturated carbocycles. The number of hydrogen-bond donors (Lipinski definition) is 1. The Bertz CT molecular complexity index is 311. The zero-order valence-electron chi connectivity index (χ0n) is 8.37. The summed E-state index contributed by atoms with van der Waals surface area (Å²) in [5, 5.41) is 3.38. The van der Waals surface area contributed by atoms with Crippen LogP contribution in [0.25, 0.3) is 0 Å². The first-order valence-electron chi connectivity index (χ1n) is 5.39. The smallest absolute Gasteiger partial charge is 0.0473 e. The fourth-order valence-corrected chi connectivity index (χ4v) is 2.45. The summed E-state index contributed by atoms with van der Waals surface area (Å²) in [5.74, 6) is 0. The van der Waals surface area contributed by atoms with Crippen molar-refractivity contribution in [2.75, 3.05) is 19.6 Å². The minimum Gasteiger partial charge on any atom is -0.313 e. The zero-order chi connectivity index (χ0) is 9.43. The maximum atomic E-state index is 3.38. The van der Waals surface area contributed by atoms with E-state index < -0.39 is 0 Å². The Kier molecular flexibility index (Phi) is 1.85. The molecular formula is C12H16N2. The molecule has 14 heavy (non-hydrogen) atoms. The molecule has 1 aromatic carbocycles. The van der Waals surface area contributed by atoms with E-state index in [1.165, 1.54) is 31.6 Å². The largest absolute Gasteiger partial charge is 0.313 e. The molecule has 1 aromatic rings. The van der Waals surface area contributed by atoms with Gasteiger partial charge < -0.3 is 5.32 Å². The van der Waals surface area contributed by atoms with Crippen LogP contribution in [0.15, 0.2) is 30.3 Å². The number of hydrogen-bond acceptors (Lipinski definition) is 2. The highest BCUT2D eigenvalue weighted by molar-refractivity contribution is 5.18. The van der Waals surface area contributed by atoms with Crippen LogP contribution >= 0.6 is 0 Å². The maximum Gasteiger partial charge on any atom is 0.0473 e. The Morgan fingerprint density at radius 3 is 2.50 bits per heavy atom. The molecule has 0 aliphatic carbocycles. The van der Waals surface area contributed by atoms with E-state index in [9.17, 15) is 0 Å². The first-order chi connectivity index (χ1) is 6.89. The van der Waals surface area contributed by atoms with Crippen molar-refractivity contribution in [3.8, 4) is 0 Å². The molecule has 2 heteroatoms. The molecule has 0 aromatic heterocycles. The first-order valence-corrected chi connectivity index (χ1v) is 5.39. The molecule has 2 aliphatic heterocycles. The van der Waals surface area contributed by atoms with Crippen LogP contribution in [0.1, 0.15) is 12.0 Å². The van der Waals surface area contributed by atoms with E-state index in [1.807, 2.05) is 0 Å². The van der Waals surface area contributed by atoms with Gasteiger partial charge in [-0.3, -0.25) is 4.90 Å². The second-order valence-electron chi connectivity index (χ2n) is 4.49. The van der Waals surface area contributed by atoms with Gasteiger partial charge in [0.25, 0.3) is 0 Å². The van der Waals surface area contributed by atoms with Crippen LogP contribution < -0.4 is 5.32 Å². The van der Waals surface area contributed by atoms with Gasteiger partial charge >= 0.3 is 0 Å². The van der Waals surface area contributed by atoms with Crippen LogP contribution in [0.2, 0.25) is 0 Å². The van der Waals surface area contributed by atoms with E-state index in [1.54, 1.807) is 0 Å². The predicted molar refractivity (Wildman–Crippen MR) is 57.1 cm³/mol. The molecule has 2 saturated heterocycles. The van der Waals surface area contributed by atoms with Gasteiger partial charge in [0, 0.05) is 31.7 Å². The lowest BCUT2D eigenvalue weighted by molar-refractivity contribution is -0.0595. The van der Waals surface area contributed by atoms with E-state index in [2.05, 4.69) is 40.5 Å². The highest BCUT2D eigenvalue weighted by atomic mass is 15.3. The van der Waals surface area contributed by atoms with E-state index in [4.69, 9.17) is 0 Å². The zero-order valence-corrected chi connectivity index (χ0v) is 8.37. The fraction of sp³-hybridized carbons (Fsp3) is 0.500. The van der Waals surface area contributed by atoms with Crippen molar-refractivity contribution in [2.45, 2.75) is 18.5 Å². The Hall–Kier alpha value is -0.860. The van der Waals surface area contributed by atoms with Gasteiger partial charge in [-0.25, -0.2) is 0 Å². The maximum absolute atomic E-state index is 3.38. The summed E-state index contributed by atoms with van der Waals surface area (Å²) in [7, 11) is 0. The Morgan fingerprint density at radius 2 is 2.00 bits per heavy atom. The summed E-state index contributed by atoms with van der Waals surface area (Å²) in [5.41, 5.74) is 1.98. The van der Waals surface area contributed by atoms with Crippen molar-refractivity contribution in [3.63, 3.8) is 0 Å². The average molecular weight is 188 g/mol. The Morgan fingerprint density at radius 1 is 1.21 bits per heavy atom. The van der Waals surface area contributed by atoms with Crippen molar-refractivity contribution in [1.82, 2.24) is 10.2 Å². The van der Waals surface area contributed by atoms with E-state index >= 15 is 0 Å². The van der Waals surface area contributed by atoms with Gasteiger partial charge in [-0.15, -0.1) is 0 Å². The molecule has 0 bridgehead atoms. The molecular weight excluding hydrogens is 172 g/mol. The molecule has 0 atom stereocenters. The van der Waals surface area contributed by atoms with Gasteiger partial charge in [0.15, 0.2) is 0 Å². The monoisotopic (exact) mass is 188 g/mol. The van der Waals surface area contributed by atoms with Crippen molar-refractivity contribution >= 4 is 0 Å². The third-order valence-electron chi connectivity index (χ3n) is 3.64. The fourth-order valence-electron chi connectivity index (χ4n) is 2.45. The number of nitrogens with zero attached hydrogens (tertiary/aromatic N) is 1. The molecule has 0 amide bonds. The minimum atomic E-state index is 0.538. The summed E-state index contributed by atoms with van der Waals surface area (Å²) in [6, 6.07) is 10.8. The molecule has 0 radical (unpaired) electrons. The lowest BCUT2D eigenvalue weighted by Gasteiger charge is -2.59. The quantitative estimate of drug-likeness (QED) is 0.751. The van der Waals surface area contributed by atoms with Crippen LogP contribution in [0.5, 0.6) is 0 Å². The normalized spacial score (nSPS) is 24.3. The highest BCUT2D eigenvalue weighted by Crippen LogP contribution is 2.35. The highest BCUT2D eigenvalue weighted by Gasteiger charge is 2.48. The minimum absolute atomic E-state index is 0.538. The van der Waals surface area contributed by atoms with Gasteiger partial charge in [0.2, 0.25) is 0 Å².